The average Bonchev–Trinajstić information content (AvgIpc) is 2.86. The standard InChI is InChI=1S/C16H13ClN4/c1-12-16(17)10-21(20-12)15-6-3-13(4-7-15)2-5-14-8-9-18-11-19-14/h2-11H,1H3/b5-2+. The Morgan fingerprint density at radius 2 is 1.90 bits per heavy atom. The minimum absolute atomic E-state index is 0.669. The van der Waals surface area contributed by atoms with Crippen molar-refractivity contribution in [1.82, 2.24) is 19.7 Å². The molecule has 0 aliphatic heterocycles. The van der Waals surface area contributed by atoms with E-state index >= 15 is 0 Å². The van der Waals surface area contributed by atoms with Crippen LogP contribution >= 0.6 is 11.6 Å². The van der Waals surface area contributed by atoms with E-state index in [2.05, 4.69) is 15.1 Å². The van der Waals surface area contributed by atoms with Crippen molar-refractivity contribution in [2.75, 3.05) is 0 Å². The molecule has 0 bridgehead atoms. The first kappa shape index (κ1) is 13.5. The van der Waals surface area contributed by atoms with E-state index in [1.54, 1.807) is 10.9 Å². The molecule has 0 radical (unpaired) electrons. The summed E-state index contributed by atoms with van der Waals surface area (Å²) in [6.07, 6.45) is 9.02. The zero-order chi connectivity index (χ0) is 14.7. The Morgan fingerprint density at radius 1 is 1.10 bits per heavy atom. The van der Waals surface area contributed by atoms with E-state index in [4.69, 9.17) is 11.6 Å². The Balaban J connectivity index is 1.79. The Labute approximate surface area is 127 Å². The molecular weight excluding hydrogens is 284 g/mol. The van der Waals surface area contributed by atoms with Crippen LogP contribution in [-0.2, 0) is 0 Å². The topological polar surface area (TPSA) is 43.6 Å². The molecule has 5 heteroatoms. The molecule has 0 atom stereocenters. The molecule has 3 aromatic rings. The predicted octanol–water partition coefficient (Wildman–Crippen LogP) is 3.79. The molecule has 0 saturated carbocycles. The fourth-order valence-corrected chi connectivity index (χ4v) is 2.02. The molecule has 0 unspecified atom stereocenters. The van der Waals surface area contributed by atoms with Gasteiger partial charge in [-0.15, -0.1) is 0 Å². The SMILES string of the molecule is Cc1nn(-c2ccc(/C=C/c3ccncn3)cc2)cc1Cl. The summed E-state index contributed by atoms with van der Waals surface area (Å²) in [7, 11) is 0. The summed E-state index contributed by atoms with van der Waals surface area (Å²) in [5, 5.41) is 5.02. The van der Waals surface area contributed by atoms with Crippen LogP contribution in [0.5, 0.6) is 0 Å². The maximum absolute atomic E-state index is 6.02. The van der Waals surface area contributed by atoms with Gasteiger partial charge in [-0.3, -0.25) is 0 Å². The molecule has 0 fully saturated rings. The Hall–Kier alpha value is -2.46. The zero-order valence-electron chi connectivity index (χ0n) is 11.4. The summed E-state index contributed by atoms with van der Waals surface area (Å²) in [6, 6.07) is 9.92. The molecule has 0 saturated heterocycles. The lowest BCUT2D eigenvalue weighted by Crippen LogP contribution is -1.94. The van der Waals surface area contributed by atoms with Crippen LogP contribution in [0.2, 0.25) is 5.02 Å². The second-order valence-electron chi connectivity index (χ2n) is 4.57. The van der Waals surface area contributed by atoms with Crippen molar-refractivity contribution in [3.05, 3.63) is 71.0 Å². The predicted molar refractivity (Wildman–Crippen MR) is 84.3 cm³/mol. The van der Waals surface area contributed by atoms with E-state index in [0.717, 1.165) is 22.6 Å². The molecule has 0 aliphatic carbocycles. The van der Waals surface area contributed by atoms with Crippen LogP contribution in [-0.4, -0.2) is 19.7 Å². The highest BCUT2D eigenvalue weighted by Gasteiger charge is 2.03. The van der Waals surface area contributed by atoms with E-state index in [1.807, 2.05) is 55.6 Å². The van der Waals surface area contributed by atoms with Gasteiger partial charge in [0, 0.05) is 12.4 Å². The summed E-state index contributed by atoms with van der Waals surface area (Å²) in [5.41, 5.74) is 3.77. The molecule has 0 amide bonds. The smallest absolute Gasteiger partial charge is 0.115 e. The van der Waals surface area contributed by atoms with Crippen LogP contribution < -0.4 is 0 Å². The van der Waals surface area contributed by atoms with Crippen LogP contribution in [0.4, 0.5) is 0 Å². The Kier molecular flexibility index (Phi) is 3.79. The average molecular weight is 297 g/mol. The van der Waals surface area contributed by atoms with Gasteiger partial charge in [-0.25, -0.2) is 14.6 Å². The number of aromatic nitrogens is 4. The second kappa shape index (κ2) is 5.89. The van der Waals surface area contributed by atoms with Gasteiger partial charge in [0.1, 0.15) is 6.33 Å². The largest absolute Gasteiger partial charge is 0.245 e. The number of aryl methyl sites for hydroxylation is 1. The molecule has 3 rings (SSSR count). The molecular formula is C16H13ClN4. The summed E-state index contributed by atoms with van der Waals surface area (Å²) in [5.74, 6) is 0. The van der Waals surface area contributed by atoms with Crippen LogP contribution in [0.3, 0.4) is 0 Å². The summed E-state index contributed by atoms with van der Waals surface area (Å²) in [4.78, 5) is 8.03. The molecule has 0 aliphatic rings. The second-order valence-corrected chi connectivity index (χ2v) is 4.97. The first-order valence-corrected chi connectivity index (χ1v) is 6.86. The van der Waals surface area contributed by atoms with Crippen molar-refractivity contribution in [2.45, 2.75) is 6.92 Å². The number of rotatable bonds is 3. The van der Waals surface area contributed by atoms with Gasteiger partial charge in [0.25, 0.3) is 0 Å². The van der Waals surface area contributed by atoms with E-state index in [-0.39, 0.29) is 0 Å². The minimum atomic E-state index is 0.669. The van der Waals surface area contributed by atoms with Crippen molar-refractivity contribution < 1.29 is 0 Å². The quantitative estimate of drug-likeness (QED) is 0.738. The monoisotopic (exact) mass is 296 g/mol. The van der Waals surface area contributed by atoms with Crippen LogP contribution in [0.25, 0.3) is 17.8 Å². The molecule has 0 N–H and O–H groups in total. The lowest BCUT2D eigenvalue weighted by molar-refractivity contribution is 0.862. The maximum atomic E-state index is 6.02. The number of hydrogen-bond donors (Lipinski definition) is 0. The first-order valence-electron chi connectivity index (χ1n) is 6.49. The van der Waals surface area contributed by atoms with Gasteiger partial charge in [-0.05, 0) is 36.8 Å². The number of nitrogens with zero attached hydrogens (tertiary/aromatic N) is 4. The van der Waals surface area contributed by atoms with E-state index < -0.39 is 0 Å². The van der Waals surface area contributed by atoms with Crippen molar-refractivity contribution >= 4 is 23.8 Å². The van der Waals surface area contributed by atoms with Gasteiger partial charge >= 0.3 is 0 Å². The van der Waals surface area contributed by atoms with Gasteiger partial charge in [-0.1, -0.05) is 29.8 Å². The summed E-state index contributed by atoms with van der Waals surface area (Å²) < 4.78 is 1.77. The Bertz CT molecular complexity index is 741. The summed E-state index contributed by atoms with van der Waals surface area (Å²) >= 11 is 6.02. The summed E-state index contributed by atoms with van der Waals surface area (Å²) in [6.45, 7) is 1.89. The first-order chi connectivity index (χ1) is 10.2. The maximum Gasteiger partial charge on any atom is 0.115 e. The van der Waals surface area contributed by atoms with Crippen LogP contribution in [0.15, 0.2) is 49.1 Å². The third-order valence-electron chi connectivity index (χ3n) is 3.05. The molecule has 1 aromatic carbocycles. The fourth-order valence-electron chi connectivity index (χ4n) is 1.89. The molecule has 104 valence electrons. The van der Waals surface area contributed by atoms with Gasteiger partial charge in [0.05, 0.1) is 22.1 Å². The van der Waals surface area contributed by atoms with Crippen molar-refractivity contribution in [3.8, 4) is 5.69 Å². The van der Waals surface area contributed by atoms with Crippen LogP contribution in [0.1, 0.15) is 17.0 Å². The lowest BCUT2D eigenvalue weighted by Gasteiger charge is -2.01. The van der Waals surface area contributed by atoms with E-state index in [9.17, 15) is 0 Å². The lowest BCUT2D eigenvalue weighted by atomic mass is 10.2. The molecule has 2 aromatic heterocycles. The van der Waals surface area contributed by atoms with Crippen molar-refractivity contribution in [3.63, 3.8) is 0 Å². The van der Waals surface area contributed by atoms with E-state index in [1.165, 1.54) is 6.33 Å². The number of benzene rings is 1. The minimum Gasteiger partial charge on any atom is -0.245 e. The molecule has 2 heterocycles. The van der Waals surface area contributed by atoms with Gasteiger partial charge in [-0.2, -0.15) is 5.10 Å². The third kappa shape index (κ3) is 3.17. The molecule has 0 spiro atoms. The number of hydrogen-bond acceptors (Lipinski definition) is 3. The highest BCUT2D eigenvalue weighted by Crippen LogP contribution is 2.17. The number of halogens is 1. The van der Waals surface area contributed by atoms with Gasteiger partial charge in [0.2, 0.25) is 0 Å². The van der Waals surface area contributed by atoms with Gasteiger partial charge in [0.15, 0.2) is 0 Å². The van der Waals surface area contributed by atoms with Crippen molar-refractivity contribution in [2.24, 2.45) is 0 Å². The molecule has 21 heavy (non-hydrogen) atoms. The molecule has 4 nitrogen and oxygen atoms in total. The van der Waals surface area contributed by atoms with Crippen molar-refractivity contribution in [1.29, 1.82) is 0 Å². The van der Waals surface area contributed by atoms with E-state index in [0.29, 0.717) is 5.02 Å². The normalized spacial score (nSPS) is 11.1. The fraction of sp³-hybridized carbons (Fsp3) is 0.0625. The highest BCUT2D eigenvalue weighted by molar-refractivity contribution is 6.31. The highest BCUT2D eigenvalue weighted by atomic mass is 35.5. The van der Waals surface area contributed by atoms with Gasteiger partial charge < -0.3 is 0 Å². The Morgan fingerprint density at radius 3 is 2.52 bits per heavy atom. The third-order valence-corrected chi connectivity index (χ3v) is 3.42. The van der Waals surface area contributed by atoms with Crippen LogP contribution in [0, 0.1) is 6.92 Å². The zero-order valence-corrected chi connectivity index (χ0v) is 12.2.